The van der Waals surface area contributed by atoms with Crippen LogP contribution in [0.5, 0.6) is 0 Å². The third kappa shape index (κ3) is 1.76. The largest absolute Gasteiger partial charge is 0.362 e. The summed E-state index contributed by atoms with van der Waals surface area (Å²) in [7, 11) is 0. The number of hydrogen-bond acceptors (Lipinski definition) is 3. The van der Waals surface area contributed by atoms with Gasteiger partial charge < -0.3 is 5.32 Å². The monoisotopic (exact) mass is 184 g/mol. The van der Waals surface area contributed by atoms with E-state index in [1.54, 1.807) is 0 Å². The summed E-state index contributed by atoms with van der Waals surface area (Å²) in [6, 6.07) is 0.719. The molecule has 1 aliphatic heterocycles. The van der Waals surface area contributed by atoms with E-state index in [4.69, 9.17) is 0 Å². The van der Waals surface area contributed by atoms with Crippen LogP contribution >= 0.6 is 11.8 Å². The minimum atomic E-state index is 0.685. The molecule has 3 heteroatoms. The van der Waals surface area contributed by atoms with E-state index < -0.39 is 0 Å². The van der Waals surface area contributed by atoms with E-state index in [9.17, 15) is 0 Å². The van der Waals surface area contributed by atoms with E-state index in [2.05, 4.69) is 24.2 Å². The third-order valence-electron chi connectivity index (χ3n) is 2.51. The van der Waals surface area contributed by atoms with Gasteiger partial charge in [0.1, 0.15) is 0 Å². The minimum Gasteiger partial charge on any atom is -0.362 e. The molecule has 0 aromatic heterocycles. The lowest BCUT2D eigenvalue weighted by Gasteiger charge is -2.33. The summed E-state index contributed by atoms with van der Waals surface area (Å²) in [6.45, 7) is 5.53. The Morgan fingerprint density at radius 1 is 1.42 bits per heavy atom. The van der Waals surface area contributed by atoms with Gasteiger partial charge in [0.05, 0.1) is 6.54 Å². The van der Waals surface area contributed by atoms with E-state index in [-0.39, 0.29) is 0 Å². The molecule has 0 amide bonds. The number of nitrogens with zero attached hydrogens (tertiary/aromatic N) is 1. The summed E-state index contributed by atoms with van der Waals surface area (Å²) in [5.41, 5.74) is 0. The highest BCUT2D eigenvalue weighted by molar-refractivity contribution is 8.14. The highest BCUT2D eigenvalue weighted by atomic mass is 32.2. The fourth-order valence-electron chi connectivity index (χ4n) is 1.75. The van der Waals surface area contributed by atoms with Gasteiger partial charge in [-0.3, -0.25) is 4.99 Å². The van der Waals surface area contributed by atoms with Crippen molar-refractivity contribution in [1.29, 1.82) is 0 Å². The molecular weight excluding hydrogens is 168 g/mol. The molecule has 2 rings (SSSR count). The Labute approximate surface area is 78.2 Å². The lowest BCUT2D eigenvalue weighted by molar-refractivity contribution is 0.269. The molecular formula is C9H16N2S. The molecule has 0 radical (unpaired) electrons. The molecule has 0 spiro atoms. The predicted octanol–water partition coefficient (Wildman–Crippen LogP) is 1.87. The molecule has 1 unspecified atom stereocenters. The number of nitrogens with one attached hydrogen (secondary N) is 1. The molecule has 68 valence electrons. The average molecular weight is 184 g/mol. The van der Waals surface area contributed by atoms with Gasteiger partial charge in [-0.1, -0.05) is 25.6 Å². The van der Waals surface area contributed by atoms with Crippen LogP contribution in [0.25, 0.3) is 0 Å². The van der Waals surface area contributed by atoms with Crippen LogP contribution in [0.3, 0.4) is 0 Å². The van der Waals surface area contributed by atoms with E-state index in [1.165, 1.54) is 18.0 Å². The van der Waals surface area contributed by atoms with Crippen molar-refractivity contribution in [2.45, 2.75) is 38.0 Å². The fraction of sp³-hybridized carbons (Fsp3) is 0.889. The molecule has 2 nitrogen and oxygen atoms in total. The van der Waals surface area contributed by atoms with Gasteiger partial charge in [-0.05, 0) is 18.8 Å². The molecule has 1 fully saturated rings. The zero-order valence-electron chi connectivity index (χ0n) is 7.71. The van der Waals surface area contributed by atoms with Crippen molar-refractivity contribution in [2.24, 2.45) is 10.9 Å². The van der Waals surface area contributed by atoms with Gasteiger partial charge in [-0.2, -0.15) is 0 Å². The van der Waals surface area contributed by atoms with Gasteiger partial charge in [0.25, 0.3) is 0 Å². The molecule has 0 aromatic carbocycles. The Morgan fingerprint density at radius 3 is 2.67 bits per heavy atom. The van der Waals surface area contributed by atoms with Gasteiger partial charge in [-0.15, -0.1) is 0 Å². The topological polar surface area (TPSA) is 24.4 Å². The summed E-state index contributed by atoms with van der Waals surface area (Å²) < 4.78 is 0. The highest BCUT2D eigenvalue weighted by Gasteiger charge is 2.27. The van der Waals surface area contributed by atoms with E-state index in [0.717, 1.165) is 18.5 Å². The van der Waals surface area contributed by atoms with Crippen molar-refractivity contribution >= 4 is 16.9 Å². The minimum absolute atomic E-state index is 0.685. The highest BCUT2D eigenvalue weighted by Crippen LogP contribution is 2.28. The van der Waals surface area contributed by atoms with Crippen LogP contribution in [0.15, 0.2) is 4.99 Å². The summed E-state index contributed by atoms with van der Waals surface area (Å²) in [4.78, 5) is 4.43. The number of thioether (sulfide) groups is 1. The maximum absolute atomic E-state index is 4.43. The number of amidine groups is 1. The summed E-state index contributed by atoms with van der Waals surface area (Å²) >= 11 is 1.88. The van der Waals surface area contributed by atoms with E-state index >= 15 is 0 Å². The maximum Gasteiger partial charge on any atom is 0.157 e. The SMILES string of the molecule is CC1CC(NC2=NCC(C)S2)C1. The summed E-state index contributed by atoms with van der Waals surface area (Å²) in [6.07, 6.45) is 2.65. The quantitative estimate of drug-likeness (QED) is 0.672. The second-order valence-electron chi connectivity index (χ2n) is 3.99. The molecule has 1 atom stereocenters. The first-order valence-corrected chi connectivity index (χ1v) is 5.59. The molecule has 0 saturated heterocycles. The first-order chi connectivity index (χ1) is 5.74. The normalized spacial score (nSPS) is 40.5. The third-order valence-corrected chi connectivity index (χ3v) is 3.53. The molecule has 1 saturated carbocycles. The van der Waals surface area contributed by atoms with Gasteiger partial charge in [0.2, 0.25) is 0 Å². The standard InChI is InChI=1S/C9H16N2S/c1-6-3-8(4-6)11-9-10-5-7(2)12-9/h6-8H,3-5H2,1-2H3,(H,10,11). The molecule has 1 heterocycles. The van der Waals surface area contributed by atoms with Crippen molar-refractivity contribution in [2.75, 3.05) is 6.54 Å². The maximum atomic E-state index is 4.43. The van der Waals surface area contributed by atoms with Crippen LogP contribution in [0.2, 0.25) is 0 Å². The van der Waals surface area contributed by atoms with Gasteiger partial charge in [0.15, 0.2) is 5.17 Å². The lowest BCUT2D eigenvalue weighted by Crippen LogP contribution is -2.42. The number of hydrogen-bond donors (Lipinski definition) is 1. The average Bonchev–Trinajstić information content (AvgIpc) is 2.33. The number of rotatable bonds is 1. The molecule has 1 aliphatic carbocycles. The molecule has 0 aromatic rings. The van der Waals surface area contributed by atoms with Crippen LogP contribution in [0.4, 0.5) is 0 Å². The van der Waals surface area contributed by atoms with Crippen LogP contribution in [0.1, 0.15) is 26.7 Å². The van der Waals surface area contributed by atoms with Crippen LogP contribution in [0, 0.1) is 5.92 Å². The van der Waals surface area contributed by atoms with Gasteiger partial charge in [0, 0.05) is 11.3 Å². The lowest BCUT2D eigenvalue weighted by atomic mass is 9.82. The Bertz CT molecular complexity index is 197. The molecule has 0 bridgehead atoms. The van der Waals surface area contributed by atoms with Crippen molar-refractivity contribution in [3.05, 3.63) is 0 Å². The Kier molecular flexibility index (Phi) is 2.31. The zero-order valence-corrected chi connectivity index (χ0v) is 8.53. The first-order valence-electron chi connectivity index (χ1n) is 4.71. The van der Waals surface area contributed by atoms with Gasteiger partial charge in [-0.25, -0.2) is 0 Å². The van der Waals surface area contributed by atoms with E-state index in [0.29, 0.717) is 5.25 Å². The first kappa shape index (κ1) is 8.42. The van der Waals surface area contributed by atoms with Gasteiger partial charge >= 0.3 is 0 Å². The van der Waals surface area contributed by atoms with Crippen molar-refractivity contribution in [3.8, 4) is 0 Å². The zero-order chi connectivity index (χ0) is 8.55. The Hall–Kier alpha value is -0.180. The summed E-state index contributed by atoms with van der Waals surface area (Å²) in [5, 5.41) is 5.35. The van der Waals surface area contributed by atoms with E-state index in [1.807, 2.05) is 11.8 Å². The van der Waals surface area contributed by atoms with Crippen LogP contribution < -0.4 is 5.32 Å². The summed E-state index contributed by atoms with van der Waals surface area (Å²) in [5.74, 6) is 0.923. The predicted molar refractivity (Wildman–Crippen MR) is 54.7 cm³/mol. The second-order valence-corrected chi connectivity index (χ2v) is 5.42. The van der Waals surface area contributed by atoms with Crippen molar-refractivity contribution < 1.29 is 0 Å². The van der Waals surface area contributed by atoms with Crippen molar-refractivity contribution in [1.82, 2.24) is 5.32 Å². The molecule has 2 aliphatic rings. The molecule has 1 N–H and O–H groups in total. The second kappa shape index (κ2) is 3.29. The fourth-order valence-corrected chi connectivity index (χ4v) is 2.67. The van der Waals surface area contributed by atoms with Crippen LogP contribution in [-0.4, -0.2) is 23.0 Å². The smallest absolute Gasteiger partial charge is 0.157 e. The van der Waals surface area contributed by atoms with Crippen molar-refractivity contribution in [3.63, 3.8) is 0 Å². The Balaban J connectivity index is 1.74. The Morgan fingerprint density at radius 2 is 2.17 bits per heavy atom. The van der Waals surface area contributed by atoms with Crippen LogP contribution in [-0.2, 0) is 0 Å². The number of aliphatic imine (C=N–C) groups is 1. The molecule has 12 heavy (non-hydrogen) atoms.